The van der Waals surface area contributed by atoms with E-state index >= 15 is 0 Å². The molecule has 4 aliphatic rings. The zero-order chi connectivity index (χ0) is 23.9. The number of aromatic nitrogens is 1. The van der Waals surface area contributed by atoms with Crippen LogP contribution in [0.25, 0.3) is 10.9 Å². The lowest BCUT2D eigenvalue weighted by atomic mass is 9.52. The molecule has 0 bridgehead atoms. The van der Waals surface area contributed by atoms with E-state index in [1.54, 1.807) is 13.0 Å². The molecule has 0 saturated heterocycles. The standard InChI is InChI=1S/C28H32N4O3/c1-15(29)31-18-5-6-21-19(12-18)20-13-27(34)9-8-17-4-7-22(33)25-23(17)28(27,26(35-25)24(20)32-21)10-11-30-14-16-2-3-16/h4-7,12,16,26,30,32-34H,2-3,8-11,13-14H2,1H3,(H2,29,31)/t26?,27-,28-/m0/s1. The number of hydrogen-bond acceptors (Lipinski definition) is 5. The molecule has 3 atom stereocenters. The maximum atomic E-state index is 12.5. The van der Waals surface area contributed by atoms with Gasteiger partial charge in [0.05, 0.1) is 28.2 Å². The van der Waals surface area contributed by atoms with Crippen molar-refractivity contribution in [2.24, 2.45) is 16.6 Å². The zero-order valence-electron chi connectivity index (χ0n) is 20.0. The molecule has 7 nitrogen and oxygen atoms in total. The molecule has 3 aromatic rings. The Hall–Kier alpha value is -3.03. The van der Waals surface area contributed by atoms with Gasteiger partial charge in [-0.05, 0) is 93.4 Å². The second-order valence-electron chi connectivity index (χ2n) is 11.0. The number of fused-ring (bicyclic) bond motifs is 4. The van der Waals surface area contributed by atoms with Gasteiger partial charge in [-0.25, -0.2) is 4.99 Å². The number of phenolic OH excluding ortho intramolecular Hbond substituents is 1. The van der Waals surface area contributed by atoms with Gasteiger partial charge in [0.2, 0.25) is 0 Å². The van der Waals surface area contributed by atoms with Gasteiger partial charge in [-0.1, -0.05) is 6.07 Å². The number of aliphatic hydroxyl groups is 1. The first-order valence-electron chi connectivity index (χ1n) is 12.8. The summed E-state index contributed by atoms with van der Waals surface area (Å²) >= 11 is 0. The molecule has 1 saturated carbocycles. The number of benzene rings is 2. The molecular weight excluding hydrogens is 440 g/mol. The van der Waals surface area contributed by atoms with Crippen molar-refractivity contribution < 1.29 is 14.9 Å². The second-order valence-corrected chi connectivity index (χ2v) is 11.0. The highest BCUT2D eigenvalue weighted by atomic mass is 16.5. The molecule has 0 radical (unpaired) electrons. The maximum absolute atomic E-state index is 12.5. The Kier molecular flexibility index (Phi) is 4.40. The van der Waals surface area contributed by atoms with Gasteiger partial charge in [-0.15, -0.1) is 0 Å². The van der Waals surface area contributed by atoms with Gasteiger partial charge in [-0.3, -0.25) is 0 Å². The molecule has 1 aliphatic heterocycles. The molecule has 2 heterocycles. The van der Waals surface area contributed by atoms with Gasteiger partial charge in [0.25, 0.3) is 0 Å². The van der Waals surface area contributed by atoms with Crippen LogP contribution in [0.3, 0.4) is 0 Å². The first kappa shape index (κ1) is 21.3. The van der Waals surface area contributed by atoms with Crippen molar-refractivity contribution >= 4 is 22.4 Å². The SMILES string of the molecule is CC(N)=Nc1ccc2[nH]c3c(c2c1)C[C@@]1(O)CCc2ccc(O)c4c2[C@@]1(CCNCC1CC1)C3O4. The molecule has 3 aliphatic carbocycles. The third-order valence-corrected chi connectivity index (χ3v) is 8.78. The van der Waals surface area contributed by atoms with Crippen LogP contribution in [-0.4, -0.2) is 39.7 Å². The van der Waals surface area contributed by atoms with Crippen LogP contribution in [0.15, 0.2) is 35.3 Å². The third kappa shape index (κ3) is 2.94. The number of nitrogens with two attached hydrogens (primary N) is 1. The van der Waals surface area contributed by atoms with E-state index in [0.29, 0.717) is 24.4 Å². The molecule has 182 valence electrons. The quantitative estimate of drug-likeness (QED) is 0.212. The molecule has 2 aromatic carbocycles. The summed E-state index contributed by atoms with van der Waals surface area (Å²) in [5, 5.41) is 28.0. The summed E-state index contributed by atoms with van der Waals surface area (Å²) < 4.78 is 6.63. The number of aromatic amines is 1. The summed E-state index contributed by atoms with van der Waals surface area (Å²) in [4.78, 5) is 8.07. The van der Waals surface area contributed by atoms with E-state index in [2.05, 4.69) is 15.3 Å². The van der Waals surface area contributed by atoms with Gasteiger partial charge >= 0.3 is 0 Å². The van der Waals surface area contributed by atoms with Crippen molar-refractivity contribution in [2.45, 2.75) is 62.6 Å². The summed E-state index contributed by atoms with van der Waals surface area (Å²) in [5.74, 6) is 2.00. The average Bonchev–Trinajstić information content (AvgIpc) is 3.48. The highest BCUT2D eigenvalue weighted by molar-refractivity contribution is 5.90. The van der Waals surface area contributed by atoms with Crippen LogP contribution in [0.2, 0.25) is 0 Å². The fourth-order valence-corrected chi connectivity index (χ4v) is 7.01. The maximum Gasteiger partial charge on any atom is 0.166 e. The van der Waals surface area contributed by atoms with E-state index in [9.17, 15) is 10.2 Å². The number of nitrogens with zero attached hydrogens (tertiary/aromatic N) is 1. The zero-order valence-corrected chi connectivity index (χ0v) is 20.0. The van der Waals surface area contributed by atoms with Crippen LogP contribution < -0.4 is 15.8 Å². The fourth-order valence-electron chi connectivity index (χ4n) is 7.01. The molecule has 7 heteroatoms. The van der Waals surface area contributed by atoms with Crippen molar-refractivity contribution in [2.75, 3.05) is 13.1 Å². The molecule has 0 amide bonds. The normalized spacial score (nSPS) is 28.6. The van der Waals surface area contributed by atoms with Crippen LogP contribution in [0.1, 0.15) is 61.1 Å². The number of nitrogens with one attached hydrogen (secondary N) is 2. The van der Waals surface area contributed by atoms with Gasteiger partial charge in [0, 0.05) is 22.9 Å². The predicted octanol–water partition coefficient (Wildman–Crippen LogP) is 3.88. The first-order valence-corrected chi connectivity index (χ1v) is 12.8. The van der Waals surface area contributed by atoms with Crippen molar-refractivity contribution in [1.29, 1.82) is 0 Å². The number of amidine groups is 1. The average molecular weight is 473 g/mol. The minimum absolute atomic E-state index is 0.153. The highest BCUT2D eigenvalue weighted by Gasteiger charge is 2.67. The van der Waals surface area contributed by atoms with Crippen LogP contribution in [0.5, 0.6) is 11.5 Å². The van der Waals surface area contributed by atoms with Crippen LogP contribution in [0, 0.1) is 5.92 Å². The third-order valence-electron chi connectivity index (χ3n) is 8.78. The van der Waals surface area contributed by atoms with Crippen molar-refractivity contribution in [3.8, 4) is 11.5 Å². The minimum Gasteiger partial charge on any atom is -0.504 e. The second kappa shape index (κ2) is 7.24. The van der Waals surface area contributed by atoms with Crippen LogP contribution in [-0.2, 0) is 18.3 Å². The smallest absolute Gasteiger partial charge is 0.166 e. The Balaban J connectivity index is 1.40. The number of rotatable bonds is 6. The Morgan fingerprint density at radius 3 is 2.94 bits per heavy atom. The van der Waals surface area contributed by atoms with E-state index in [1.165, 1.54) is 18.4 Å². The number of ether oxygens (including phenoxy) is 1. The Morgan fingerprint density at radius 1 is 1.29 bits per heavy atom. The number of hydrogen-bond donors (Lipinski definition) is 5. The number of aliphatic imine (C=N–C) groups is 1. The minimum atomic E-state index is -0.976. The molecule has 1 fully saturated rings. The Morgan fingerprint density at radius 2 is 2.14 bits per heavy atom. The lowest BCUT2D eigenvalue weighted by molar-refractivity contribution is -0.0997. The molecule has 35 heavy (non-hydrogen) atoms. The predicted molar refractivity (Wildman–Crippen MR) is 136 cm³/mol. The first-order chi connectivity index (χ1) is 16.9. The summed E-state index contributed by atoms with van der Waals surface area (Å²) in [7, 11) is 0. The topological polar surface area (TPSA) is 116 Å². The Bertz CT molecular complexity index is 1390. The molecule has 7 rings (SSSR count). The monoisotopic (exact) mass is 472 g/mol. The number of H-pyrrole nitrogens is 1. The number of phenols is 1. The van der Waals surface area contributed by atoms with E-state index in [-0.39, 0.29) is 5.75 Å². The molecule has 0 spiro atoms. The lowest BCUT2D eigenvalue weighted by Crippen LogP contribution is -2.61. The van der Waals surface area contributed by atoms with E-state index in [4.69, 9.17) is 10.5 Å². The van der Waals surface area contributed by atoms with E-state index < -0.39 is 17.1 Å². The van der Waals surface area contributed by atoms with Gasteiger partial charge in [-0.2, -0.15) is 0 Å². The number of aryl methyl sites for hydroxylation is 1. The molecule has 6 N–H and O–H groups in total. The number of aromatic hydroxyl groups is 1. The largest absolute Gasteiger partial charge is 0.504 e. The fraction of sp³-hybridized carbons (Fsp3) is 0.464. The lowest BCUT2D eigenvalue weighted by Gasteiger charge is -2.53. The summed E-state index contributed by atoms with van der Waals surface area (Å²) in [5.41, 5.74) is 10.3. The van der Waals surface area contributed by atoms with E-state index in [0.717, 1.165) is 65.3 Å². The van der Waals surface area contributed by atoms with Crippen LogP contribution >= 0.6 is 0 Å². The summed E-state index contributed by atoms with van der Waals surface area (Å²) in [6.07, 6.45) is 4.95. The van der Waals surface area contributed by atoms with Gasteiger partial charge in [0.15, 0.2) is 17.6 Å². The van der Waals surface area contributed by atoms with Gasteiger partial charge in [0.1, 0.15) is 0 Å². The van der Waals surface area contributed by atoms with E-state index in [1.807, 2.05) is 24.3 Å². The molecular formula is C28H32N4O3. The van der Waals surface area contributed by atoms with Crippen molar-refractivity contribution in [3.63, 3.8) is 0 Å². The summed E-state index contributed by atoms with van der Waals surface area (Å²) in [6, 6.07) is 9.77. The molecule has 1 unspecified atom stereocenters. The highest BCUT2D eigenvalue weighted by Crippen LogP contribution is 2.67. The molecule has 1 aromatic heterocycles. The van der Waals surface area contributed by atoms with Gasteiger partial charge < -0.3 is 31.0 Å². The summed E-state index contributed by atoms with van der Waals surface area (Å²) in [6.45, 7) is 3.61. The Labute approximate surface area is 204 Å². The van der Waals surface area contributed by atoms with Crippen LogP contribution in [0.4, 0.5) is 5.69 Å². The van der Waals surface area contributed by atoms with Crippen molar-refractivity contribution in [1.82, 2.24) is 10.3 Å². The van der Waals surface area contributed by atoms with Crippen molar-refractivity contribution in [3.05, 3.63) is 52.7 Å².